The summed E-state index contributed by atoms with van der Waals surface area (Å²) in [4.78, 5) is 18.2. The molecule has 1 aromatic heterocycles. The van der Waals surface area contributed by atoms with Crippen LogP contribution in [-0.2, 0) is 6.54 Å². The summed E-state index contributed by atoms with van der Waals surface area (Å²) in [5.41, 5.74) is 2.61. The Morgan fingerprint density at radius 2 is 1.95 bits per heavy atom. The van der Waals surface area contributed by atoms with Gasteiger partial charge < -0.3 is 10.2 Å². The monoisotopic (exact) mass is 297 g/mol. The van der Waals surface area contributed by atoms with E-state index in [1.165, 1.54) is 5.56 Å². The maximum absolute atomic E-state index is 12.2. The van der Waals surface area contributed by atoms with Crippen LogP contribution in [0.4, 0.5) is 5.69 Å². The van der Waals surface area contributed by atoms with E-state index in [2.05, 4.69) is 29.4 Å². The third-order valence-electron chi connectivity index (χ3n) is 3.52. The zero-order valence-corrected chi connectivity index (χ0v) is 13.2. The van der Waals surface area contributed by atoms with Gasteiger partial charge in [0, 0.05) is 20.1 Å². The summed E-state index contributed by atoms with van der Waals surface area (Å²) in [6.07, 6.45) is 3.80. The fourth-order valence-corrected chi connectivity index (χ4v) is 2.12. The molecule has 0 saturated carbocycles. The first-order chi connectivity index (χ1) is 10.7. The number of pyridine rings is 1. The molecule has 4 heteroatoms. The molecule has 1 amide bonds. The number of carbonyl (C=O) groups is 1. The zero-order valence-electron chi connectivity index (χ0n) is 13.2. The van der Waals surface area contributed by atoms with Gasteiger partial charge in [-0.25, -0.2) is 4.98 Å². The lowest BCUT2D eigenvalue weighted by molar-refractivity contribution is 0.0787. The van der Waals surface area contributed by atoms with Gasteiger partial charge in [-0.1, -0.05) is 43.7 Å². The van der Waals surface area contributed by atoms with E-state index in [4.69, 9.17) is 0 Å². The normalized spacial score (nSPS) is 10.3. The number of nitrogens with one attached hydrogen (secondary N) is 1. The average molecular weight is 297 g/mol. The largest absolute Gasteiger partial charge is 0.380 e. The SMILES string of the molecule is CCCCN(C)C(=O)c1ccc(NCc2ccccc2)cn1. The summed E-state index contributed by atoms with van der Waals surface area (Å²) >= 11 is 0. The molecule has 22 heavy (non-hydrogen) atoms. The summed E-state index contributed by atoms with van der Waals surface area (Å²) < 4.78 is 0. The van der Waals surface area contributed by atoms with Gasteiger partial charge in [-0.3, -0.25) is 4.79 Å². The third-order valence-corrected chi connectivity index (χ3v) is 3.52. The van der Waals surface area contributed by atoms with Crippen LogP contribution in [0, 0.1) is 0 Å². The van der Waals surface area contributed by atoms with Gasteiger partial charge in [-0.2, -0.15) is 0 Å². The summed E-state index contributed by atoms with van der Waals surface area (Å²) in [5.74, 6) is -0.0249. The maximum Gasteiger partial charge on any atom is 0.272 e. The van der Waals surface area contributed by atoms with E-state index in [1.807, 2.05) is 31.3 Å². The van der Waals surface area contributed by atoms with Gasteiger partial charge in [-0.15, -0.1) is 0 Å². The highest BCUT2D eigenvalue weighted by atomic mass is 16.2. The van der Waals surface area contributed by atoms with E-state index in [1.54, 1.807) is 17.2 Å². The Morgan fingerprint density at radius 1 is 1.18 bits per heavy atom. The molecule has 0 aliphatic rings. The van der Waals surface area contributed by atoms with Crippen molar-refractivity contribution in [1.82, 2.24) is 9.88 Å². The average Bonchev–Trinajstić information content (AvgIpc) is 2.58. The van der Waals surface area contributed by atoms with Crippen LogP contribution in [0.15, 0.2) is 48.7 Å². The Hall–Kier alpha value is -2.36. The van der Waals surface area contributed by atoms with Crippen LogP contribution in [0.3, 0.4) is 0 Å². The lowest BCUT2D eigenvalue weighted by Crippen LogP contribution is -2.28. The van der Waals surface area contributed by atoms with Crippen LogP contribution in [0.1, 0.15) is 35.8 Å². The molecular weight excluding hydrogens is 274 g/mol. The van der Waals surface area contributed by atoms with Crippen LogP contribution < -0.4 is 5.32 Å². The molecule has 0 unspecified atom stereocenters. The van der Waals surface area contributed by atoms with Gasteiger partial charge in [0.05, 0.1) is 11.9 Å². The standard InChI is InChI=1S/C18H23N3O/c1-3-4-12-21(2)18(22)17-11-10-16(14-20-17)19-13-15-8-6-5-7-9-15/h5-11,14,19H,3-4,12-13H2,1-2H3. The Morgan fingerprint density at radius 3 is 2.59 bits per heavy atom. The van der Waals surface area contributed by atoms with Crippen molar-refractivity contribution in [2.75, 3.05) is 18.9 Å². The van der Waals surface area contributed by atoms with E-state index >= 15 is 0 Å². The fourth-order valence-electron chi connectivity index (χ4n) is 2.12. The molecule has 0 aliphatic carbocycles. The molecule has 0 saturated heterocycles. The van der Waals surface area contributed by atoms with Crippen molar-refractivity contribution in [2.24, 2.45) is 0 Å². The summed E-state index contributed by atoms with van der Waals surface area (Å²) in [7, 11) is 1.82. The highest BCUT2D eigenvalue weighted by molar-refractivity contribution is 5.92. The smallest absolute Gasteiger partial charge is 0.272 e. The Balaban J connectivity index is 1.91. The number of rotatable bonds is 7. The van der Waals surface area contributed by atoms with Crippen molar-refractivity contribution in [2.45, 2.75) is 26.3 Å². The number of carbonyl (C=O) groups excluding carboxylic acids is 1. The molecule has 4 nitrogen and oxygen atoms in total. The minimum absolute atomic E-state index is 0.0249. The molecule has 2 aromatic rings. The minimum Gasteiger partial charge on any atom is -0.380 e. The summed E-state index contributed by atoms with van der Waals surface area (Å²) in [5, 5.41) is 3.30. The lowest BCUT2D eigenvalue weighted by atomic mass is 10.2. The Labute approximate surface area is 132 Å². The van der Waals surface area contributed by atoms with Crippen molar-refractivity contribution in [1.29, 1.82) is 0 Å². The number of aromatic nitrogens is 1. The van der Waals surface area contributed by atoms with Gasteiger partial charge in [0.1, 0.15) is 5.69 Å². The first-order valence-electron chi connectivity index (χ1n) is 7.70. The van der Waals surface area contributed by atoms with Crippen molar-refractivity contribution in [3.63, 3.8) is 0 Å². The predicted octanol–water partition coefficient (Wildman–Crippen LogP) is 3.57. The van der Waals surface area contributed by atoms with E-state index in [0.29, 0.717) is 5.69 Å². The highest BCUT2D eigenvalue weighted by Crippen LogP contribution is 2.10. The molecular formula is C18H23N3O. The van der Waals surface area contributed by atoms with Gasteiger partial charge in [0.2, 0.25) is 0 Å². The molecule has 1 heterocycles. The predicted molar refractivity (Wildman–Crippen MR) is 89.9 cm³/mol. The van der Waals surface area contributed by atoms with Gasteiger partial charge in [-0.05, 0) is 24.1 Å². The fraction of sp³-hybridized carbons (Fsp3) is 0.333. The second-order valence-corrected chi connectivity index (χ2v) is 5.35. The van der Waals surface area contributed by atoms with Gasteiger partial charge in [0.25, 0.3) is 5.91 Å². The van der Waals surface area contributed by atoms with Crippen LogP contribution in [0.2, 0.25) is 0 Å². The van der Waals surface area contributed by atoms with Gasteiger partial charge >= 0.3 is 0 Å². The van der Waals surface area contributed by atoms with Crippen molar-refractivity contribution in [3.8, 4) is 0 Å². The molecule has 2 rings (SSSR count). The number of anilines is 1. The molecule has 0 fully saturated rings. The number of hydrogen-bond acceptors (Lipinski definition) is 3. The summed E-state index contributed by atoms with van der Waals surface area (Å²) in [6, 6.07) is 13.9. The number of amides is 1. The minimum atomic E-state index is -0.0249. The number of benzene rings is 1. The molecule has 0 atom stereocenters. The van der Waals surface area contributed by atoms with E-state index < -0.39 is 0 Å². The van der Waals surface area contributed by atoms with E-state index in [9.17, 15) is 4.79 Å². The molecule has 0 bridgehead atoms. The number of hydrogen-bond donors (Lipinski definition) is 1. The molecule has 1 aromatic carbocycles. The van der Waals surface area contributed by atoms with Crippen molar-refractivity contribution >= 4 is 11.6 Å². The topological polar surface area (TPSA) is 45.2 Å². The first-order valence-corrected chi connectivity index (χ1v) is 7.70. The third kappa shape index (κ3) is 4.58. The second-order valence-electron chi connectivity index (χ2n) is 5.35. The van der Waals surface area contributed by atoms with E-state index in [-0.39, 0.29) is 5.91 Å². The Kier molecular flexibility index (Phi) is 5.95. The van der Waals surface area contributed by atoms with E-state index in [0.717, 1.165) is 31.6 Å². The molecule has 116 valence electrons. The Bertz CT molecular complexity index is 581. The van der Waals surface area contributed by atoms with Crippen LogP contribution in [0.25, 0.3) is 0 Å². The quantitative estimate of drug-likeness (QED) is 0.850. The molecule has 0 radical (unpaired) electrons. The highest BCUT2D eigenvalue weighted by Gasteiger charge is 2.12. The van der Waals surface area contributed by atoms with Crippen LogP contribution in [0.5, 0.6) is 0 Å². The van der Waals surface area contributed by atoms with Crippen molar-refractivity contribution in [3.05, 3.63) is 59.9 Å². The van der Waals surface area contributed by atoms with Crippen LogP contribution in [-0.4, -0.2) is 29.4 Å². The van der Waals surface area contributed by atoms with Crippen LogP contribution >= 0.6 is 0 Å². The number of unbranched alkanes of at least 4 members (excludes halogenated alkanes) is 1. The number of nitrogens with zero attached hydrogens (tertiary/aromatic N) is 2. The lowest BCUT2D eigenvalue weighted by Gasteiger charge is -2.16. The second kappa shape index (κ2) is 8.17. The molecule has 0 spiro atoms. The zero-order chi connectivity index (χ0) is 15.8. The summed E-state index contributed by atoms with van der Waals surface area (Å²) in [6.45, 7) is 3.63. The molecule has 1 N–H and O–H groups in total. The molecule has 0 aliphatic heterocycles. The maximum atomic E-state index is 12.2. The van der Waals surface area contributed by atoms with Crippen molar-refractivity contribution < 1.29 is 4.79 Å². The van der Waals surface area contributed by atoms with Gasteiger partial charge in [0.15, 0.2) is 0 Å². The first kappa shape index (κ1) is 16.0.